The summed E-state index contributed by atoms with van der Waals surface area (Å²) in [5.74, 6) is 0. The van der Waals surface area contributed by atoms with Gasteiger partial charge >= 0.3 is 0 Å². The van der Waals surface area contributed by atoms with Gasteiger partial charge in [-0.1, -0.05) is 25.1 Å². The number of nitrogens with zero attached hydrogens (tertiary/aromatic N) is 2. The van der Waals surface area contributed by atoms with Crippen molar-refractivity contribution in [3.63, 3.8) is 0 Å². The molecule has 1 heterocycles. The molecule has 0 saturated carbocycles. The average molecular weight is 261 g/mol. The van der Waals surface area contributed by atoms with E-state index in [2.05, 4.69) is 26.0 Å². The fourth-order valence-electron chi connectivity index (χ4n) is 2.47. The summed E-state index contributed by atoms with van der Waals surface area (Å²) in [6.45, 7) is 5.62. The Bertz CT molecular complexity index is 549. The predicted octanol–water partition coefficient (Wildman–Crippen LogP) is 2.35. The van der Waals surface area contributed by atoms with Crippen molar-refractivity contribution in [1.82, 2.24) is 9.78 Å². The number of methoxy groups -OCH3 is 1. The van der Waals surface area contributed by atoms with Crippen molar-refractivity contribution < 1.29 is 4.74 Å². The number of aryl methyl sites for hydroxylation is 1. The van der Waals surface area contributed by atoms with Crippen LogP contribution in [0.4, 0.5) is 0 Å². The molecule has 1 aromatic heterocycles. The molecule has 0 aliphatic heterocycles. The summed E-state index contributed by atoms with van der Waals surface area (Å²) in [5.41, 5.74) is 8.31. The van der Waals surface area contributed by atoms with Gasteiger partial charge in [0.05, 0.1) is 17.8 Å². The highest BCUT2D eigenvalue weighted by Gasteiger charge is 2.26. The zero-order valence-corrected chi connectivity index (χ0v) is 12.0. The average Bonchev–Trinajstić information content (AvgIpc) is 2.77. The monoisotopic (exact) mass is 261 g/mol. The molecule has 2 N–H and O–H groups in total. The van der Waals surface area contributed by atoms with Gasteiger partial charge in [0.15, 0.2) is 0 Å². The molecule has 4 nitrogen and oxygen atoms in total. The Labute approximate surface area is 114 Å². The first-order valence-electron chi connectivity index (χ1n) is 6.85. The van der Waals surface area contributed by atoms with Crippen molar-refractivity contribution in [2.75, 3.05) is 13.7 Å². The van der Waals surface area contributed by atoms with Gasteiger partial charge in [-0.15, -0.1) is 0 Å². The number of hydrogen-bond donors (Lipinski definition) is 1. The topological polar surface area (TPSA) is 53.1 Å². The number of fused-ring (bicyclic) bond motifs is 1. The van der Waals surface area contributed by atoms with Crippen LogP contribution in [0.3, 0.4) is 0 Å². The maximum atomic E-state index is 6.41. The lowest BCUT2D eigenvalue weighted by Gasteiger charge is -2.26. The van der Waals surface area contributed by atoms with Gasteiger partial charge in [-0.25, -0.2) is 0 Å². The Morgan fingerprint density at radius 3 is 2.68 bits per heavy atom. The highest BCUT2D eigenvalue weighted by Crippen LogP contribution is 2.23. The van der Waals surface area contributed by atoms with E-state index in [4.69, 9.17) is 15.6 Å². The van der Waals surface area contributed by atoms with Gasteiger partial charge in [-0.05, 0) is 19.4 Å². The normalized spacial score (nSPS) is 14.7. The molecule has 2 rings (SSSR count). The second-order valence-corrected chi connectivity index (χ2v) is 5.11. The van der Waals surface area contributed by atoms with E-state index < -0.39 is 0 Å². The van der Waals surface area contributed by atoms with Crippen LogP contribution in [0.5, 0.6) is 0 Å². The zero-order valence-electron chi connectivity index (χ0n) is 12.0. The first kappa shape index (κ1) is 14.0. The summed E-state index contributed by atoms with van der Waals surface area (Å²) in [5, 5.41) is 5.90. The fraction of sp³-hybridized carbons (Fsp3) is 0.533. The lowest BCUT2D eigenvalue weighted by Crippen LogP contribution is -2.46. The molecular formula is C15H23N3O. The van der Waals surface area contributed by atoms with E-state index in [9.17, 15) is 0 Å². The Hall–Kier alpha value is -1.39. The third-order valence-corrected chi connectivity index (χ3v) is 3.69. The molecule has 4 heteroatoms. The van der Waals surface area contributed by atoms with Gasteiger partial charge in [0.2, 0.25) is 0 Å². The number of hydrogen-bond acceptors (Lipinski definition) is 3. The molecule has 1 atom stereocenters. The van der Waals surface area contributed by atoms with Gasteiger partial charge in [-0.3, -0.25) is 4.68 Å². The van der Waals surface area contributed by atoms with Crippen molar-refractivity contribution in [2.45, 2.75) is 38.8 Å². The molecule has 1 aromatic carbocycles. The summed E-state index contributed by atoms with van der Waals surface area (Å²) in [4.78, 5) is 0. The van der Waals surface area contributed by atoms with Crippen LogP contribution in [0.2, 0.25) is 0 Å². The van der Waals surface area contributed by atoms with E-state index in [1.165, 1.54) is 10.9 Å². The van der Waals surface area contributed by atoms with Crippen LogP contribution < -0.4 is 5.73 Å². The zero-order chi connectivity index (χ0) is 13.9. The van der Waals surface area contributed by atoms with Gasteiger partial charge in [0.25, 0.3) is 0 Å². The van der Waals surface area contributed by atoms with Crippen LogP contribution in [0.1, 0.15) is 26.0 Å². The third kappa shape index (κ3) is 2.80. The first-order valence-corrected chi connectivity index (χ1v) is 6.85. The molecule has 2 aromatic rings. The molecular weight excluding hydrogens is 238 g/mol. The summed E-state index contributed by atoms with van der Waals surface area (Å²) in [6, 6.07) is 8.32. The highest BCUT2D eigenvalue weighted by molar-refractivity contribution is 5.82. The molecule has 0 spiro atoms. The second kappa shape index (κ2) is 5.72. The minimum absolute atomic E-state index is 0.343. The minimum atomic E-state index is -0.343. The maximum absolute atomic E-state index is 6.41. The molecule has 0 bridgehead atoms. The van der Waals surface area contributed by atoms with Gasteiger partial charge < -0.3 is 10.5 Å². The van der Waals surface area contributed by atoms with Gasteiger partial charge in [0.1, 0.15) is 0 Å². The quantitative estimate of drug-likeness (QED) is 0.868. The van der Waals surface area contributed by atoms with Crippen molar-refractivity contribution >= 4 is 10.9 Å². The summed E-state index contributed by atoms with van der Waals surface area (Å²) >= 11 is 0. The second-order valence-electron chi connectivity index (χ2n) is 5.11. The van der Waals surface area contributed by atoms with E-state index >= 15 is 0 Å². The molecule has 0 amide bonds. The van der Waals surface area contributed by atoms with E-state index in [-0.39, 0.29) is 5.54 Å². The van der Waals surface area contributed by atoms with Crippen LogP contribution in [0, 0.1) is 0 Å². The van der Waals surface area contributed by atoms with Crippen molar-refractivity contribution in [1.29, 1.82) is 0 Å². The molecule has 0 radical (unpaired) electrons. The van der Waals surface area contributed by atoms with Crippen molar-refractivity contribution in [3.05, 3.63) is 30.0 Å². The molecule has 0 aliphatic rings. The minimum Gasteiger partial charge on any atom is -0.383 e. The van der Waals surface area contributed by atoms with E-state index in [0.717, 1.165) is 25.1 Å². The highest BCUT2D eigenvalue weighted by atomic mass is 16.5. The fourth-order valence-corrected chi connectivity index (χ4v) is 2.47. The van der Waals surface area contributed by atoms with E-state index in [0.29, 0.717) is 6.61 Å². The maximum Gasteiger partial charge on any atom is 0.0722 e. The smallest absolute Gasteiger partial charge is 0.0722 e. The van der Waals surface area contributed by atoms with E-state index in [1.807, 2.05) is 16.8 Å². The number of nitrogens with two attached hydrogens (primary N) is 1. The molecule has 19 heavy (non-hydrogen) atoms. The standard InChI is InChI=1S/C15H23N3O/c1-4-15(16,11-19-3)10-13-12-8-6-7-9-14(12)18(5-2)17-13/h6-9H,4-5,10-11,16H2,1-3H3. The van der Waals surface area contributed by atoms with Crippen LogP contribution in [0.25, 0.3) is 10.9 Å². The number of rotatable bonds is 6. The van der Waals surface area contributed by atoms with Crippen LogP contribution in [-0.2, 0) is 17.7 Å². The number of para-hydroxylation sites is 1. The van der Waals surface area contributed by atoms with E-state index in [1.54, 1.807) is 7.11 Å². The Kier molecular flexibility index (Phi) is 4.22. The SMILES string of the molecule is CCn1nc(CC(N)(CC)COC)c2ccccc21. The number of benzene rings is 1. The molecule has 104 valence electrons. The Balaban J connectivity index is 2.40. The number of aromatic nitrogens is 2. The van der Waals surface area contributed by atoms with Crippen molar-refractivity contribution in [3.8, 4) is 0 Å². The van der Waals surface area contributed by atoms with Gasteiger partial charge in [-0.2, -0.15) is 5.10 Å². The lowest BCUT2D eigenvalue weighted by atomic mass is 9.91. The summed E-state index contributed by atoms with van der Waals surface area (Å²) in [6.07, 6.45) is 1.61. The van der Waals surface area contributed by atoms with Crippen molar-refractivity contribution in [2.24, 2.45) is 5.73 Å². The Morgan fingerprint density at radius 1 is 1.32 bits per heavy atom. The van der Waals surface area contributed by atoms with Gasteiger partial charge in [0, 0.05) is 31.0 Å². The molecule has 0 fully saturated rings. The molecule has 0 saturated heterocycles. The van der Waals surface area contributed by atoms with Crippen LogP contribution in [0.15, 0.2) is 24.3 Å². The largest absolute Gasteiger partial charge is 0.383 e. The van der Waals surface area contributed by atoms with Crippen LogP contribution in [-0.4, -0.2) is 29.0 Å². The Morgan fingerprint density at radius 2 is 2.05 bits per heavy atom. The van der Waals surface area contributed by atoms with Crippen LogP contribution >= 0.6 is 0 Å². The lowest BCUT2D eigenvalue weighted by molar-refractivity contribution is 0.129. The summed E-state index contributed by atoms with van der Waals surface area (Å²) < 4.78 is 7.29. The third-order valence-electron chi connectivity index (χ3n) is 3.69. The predicted molar refractivity (Wildman–Crippen MR) is 78.2 cm³/mol. The molecule has 0 aliphatic carbocycles. The first-order chi connectivity index (χ1) is 9.13. The summed E-state index contributed by atoms with van der Waals surface area (Å²) in [7, 11) is 1.69. The number of ether oxygens (including phenoxy) is 1. The molecule has 1 unspecified atom stereocenters.